The third-order valence-corrected chi connectivity index (χ3v) is 9.66. The van der Waals surface area contributed by atoms with Crippen LogP contribution in [0.2, 0.25) is 5.02 Å². The Morgan fingerprint density at radius 3 is 2.55 bits per heavy atom. The van der Waals surface area contributed by atoms with Gasteiger partial charge in [0.05, 0.1) is 47.0 Å². The van der Waals surface area contributed by atoms with Crippen LogP contribution in [0.15, 0.2) is 84.1 Å². The molecule has 0 saturated carbocycles. The van der Waals surface area contributed by atoms with E-state index in [9.17, 15) is 18.0 Å². The van der Waals surface area contributed by atoms with Crippen LogP contribution in [-0.2, 0) is 38.9 Å². The molecule has 226 valence electrons. The number of nitrogens with one attached hydrogen (secondary N) is 2. The van der Waals surface area contributed by atoms with Gasteiger partial charge in [-0.3, -0.25) is 4.79 Å². The summed E-state index contributed by atoms with van der Waals surface area (Å²) in [5.41, 5.74) is 3.70. The number of nitrogens with zero attached hydrogens (tertiary/aromatic N) is 3. The molecule has 0 bridgehead atoms. The van der Waals surface area contributed by atoms with Crippen LogP contribution in [0.5, 0.6) is 0 Å². The van der Waals surface area contributed by atoms with Crippen LogP contribution in [0.25, 0.3) is 0 Å². The van der Waals surface area contributed by atoms with Gasteiger partial charge in [-0.1, -0.05) is 48.0 Å². The van der Waals surface area contributed by atoms with E-state index in [2.05, 4.69) is 21.7 Å². The molecule has 0 radical (unpaired) electrons. The Bertz CT molecular complexity index is 1810. The number of carbonyl (C=O) groups excluding carboxylic acids is 2. The van der Waals surface area contributed by atoms with Gasteiger partial charge in [0.15, 0.2) is 9.84 Å². The predicted octanol–water partition coefficient (Wildman–Crippen LogP) is 3.98. The highest BCUT2D eigenvalue weighted by molar-refractivity contribution is 7.91. The van der Waals surface area contributed by atoms with Crippen LogP contribution in [0.1, 0.15) is 50.8 Å². The van der Waals surface area contributed by atoms with Crippen LogP contribution >= 0.6 is 11.6 Å². The summed E-state index contributed by atoms with van der Waals surface area (Å²) >= 11 is 5.97. The molecule has 1 aliphatic rings. The number of fused-ring (bicyclic) bond motifs is 1. The number of hydrogen-bond acceptors (Lipinski definition) is 8. The molecule has 2 atom stereocenters. The Hall–Kier alpha value is -4.50. The number of sulfone groups is 1. The molecule has 12 heteroatoms. The lowest BCUT2D eigenvalue weighted by molar-refractivity contribution is -0.142. The third kappa shape index (κ3) is 7.00. The maximum atomic E-state index is 13.5. The van der Waals surface area contributed by atoms with Crippen molar-refractivity contribution in [3.63, 3.8) is 0 Å². The minimum atomic E-state index is -3.77. The quantitative estimate of drug-likeness (QED) is 0.250. The van der Waals surface area contributed by atoms with E-state index in [-0.39, 0.29) is 28.7 Å². The number of amides is 1. The fraction of sp³-hybridized carbons (Fsp3) is 0.250. The molecule has 1 unspecified atom stereocenters. The number of benzene rings is 3. The van der Waals surface area contributed by atoms with Crippen molar-refractivity contribution in [2.45, 2.75) is 42.9 Å². The number of carbonyl (C=O) groups is 2. The van der Waals surface area contributed by atoms with Gasteiger partial charge >= 0.3 is 5.97 Å². The molecular weight excluding hydrogens is 602 g/mol. The van der Waals surface area contributed by atoms with Crippen molar-refractivity contribution in [3.8, 4) is 6.07 Å². The van der Waals surface area contributed by atoms with Crippen LogP contribution in [0.4, 0.5) is 0 Å². The monoisotopic (exact) mass is 631 g/mol. The molecule has 0 spiro atoms. The van der Waals surface area contributed by atoms with E-state index in [0.717, 1.165) is 16.8 Å². The van der Waals surface area contributed by atoms with Gasteiger partial charge in [-0.2, -0.15) is 5.26 Å². The Morgan fingerprint density at radius 2 is 1.84 bits per heavy atom. The Labute approximate surface area is 260 Å². The van der Waals surface area contributed by atoms with Crippen molar-refractivity contribution in [1.82, 2.24) is 20.2 Å². The molecule has 2 heterocycles. The Kier molecular flexibility index (Phi) is 9.44. The maximum absolute atomic E-state index is 13.5. The van der Waals surface area contributed by atoms with E-state index in [1.165, 1.54) is 13.2 Å². The second-order valence-corrected chi connectivity index (χ2v) is 12.9. The summed E-state index contributed by atoms with van der Waals surface area (Å²) in [4.78, 5) is 30.4. The van der Waals surface area contributed by atoms with Gasteiger partial charge in [0.1, 0.15) is 6.04 Å². The van der Waals surface area contributed by atoms with E-state index in [4.69, 9.17) is 21.6 Å². The van der Waals surface area contributed by atoms with Gasteiger partial charge < -0.3 is 19.9 Å². The lowest BCUT2D eigenvalue weighted by Gasteiger charge is -2.28. The molecule has 0 aliphatic carbocycles. The zero-order valence-corrected chi connectivity index (χ0v) is 25.4. The molecule has 1 amide bonds. The SMILES string of the molecule is COC(=O)[C@H](Cc1ccc(Cl)cc1)NC(=O)c1cccc2c1S(=O)(=O)CCC2NCc1cncn1Cc1ccc(C#N)cc1. The Morgan fingerprint density at radius 1 is 1.11 bits per heavy atom. The summed E-state index contributed by atoms with van der Waals surface area (Å²) in [5, 5.41) is 15.7. The highest BCUT2D eigenvalue weighted by Gasteiger charge is 2.35. The first-order valence-electron chi connectivity index (χ1n) is 13.9. The largest absolute Gasteiger partial charge is 0.467 e. The van der Waals surface area contributed by atoms with E-state index in [0.29, 0.717) is 35.7 Å². The summed E-state index contributed by atoms with van der Waals surface area (Å²) < 4.78 is 33.6. The van der Waals surface area contributed by atoms with Crippen LogP contribution < -0.4 is 10.6 Å². The zero-order chi connectivity index (χ0) is 31.3. The lowest BCUT2D eigenvalue weighted by atomic mass is 9.99. The smallest absolute Gasteiger partial charge is 0.328 e. The number of esters is 1. The van der Waals surface area contributed by atoms with Crippen LogP contribution in [-0.4, -0.2) is 48.7 Å². The number of aromatic nitrogens is 2. The highest BCUT2D eigenvalue weighted by Crippen LogP contribution is 2.35. The number of methoxy groups -OCH3 is 1. The summed E-state index contributed by atoms with van der Waals surface area (Å²) in [6.07, 6.45) is 3.93. The molecule has 0 saturated heterocycles. The average molecular weight is 632 g/mol. The van der Waals surface area contributed by atoms with Crippen molar-refractivity contribution in [1.29, 1.82) is 5.26 Å². The van der Waals surface area contributed by atoms with Gasteiger partial charge in [0, 0.05) is 36.8 Å². The first kappa shape index (κ1) is 30.9. The molecule has 3 aromatic carbocycles. The second-order valence-electron chi connectivity index (χ2n) is 10.5. The minimum absolute atomic E-state index is 0.0233. The molecule has 44 heavy (non-hydrogen) atoms. The minimum Gasteiger partial charge on any atom is -0.467 e. The summed E-state index contributed by atoms with van der Waals surface area (Å²) in [6.45, 7) is 0.961. The molecule has 10 nitrogen and oxygen atoms in total. The summed E-state index contributed by atoms with van der Waals surface area (Å²) in [6, 6.07) is 19.7. The van der Waals surface area contributed by atoms with Crippen molar-refractivity contribution in [2.75, 3.05) is 12.9 Å². The molecule has 5 rings (SSSR count). The molecule has 2 N–H and O–H groups in total. The van der Waals surface area contributed by atoms with E-state index in [1.54, 1.807) is 61.1 Å². The molecule has 4 aromatic rings. The average Bonchev–Trinajstić information content (AvgIpc) is 3.47. The fourth-order valence-corrected chi connectivity index (χ4v) is 7.21. The first-order chi connectivity index (χ1) is 21.2. The number of hydrogen-bond donors (Lipinski definition) is 2. The van der Waals surface area contributed by atoms with Crippen LogP contribution in [0.3, 0.4) is 0 Å². The van der Waals surface area contributed by atoms with Gasteiger partial charge in [-0.15, -0.1) is 0 Å². The topological polar surface area (TPSA) is 143 Å². The molecule has 1 aliphatic heterocycles. The number of halogens is 1. The second kappa shape index (κ2) is 13.4. The van der Waals surface area contributed by atoms with Gasteiger partial charge in [-0.25, -0.2) is 18.2 Å². The lowest BCUT2D eigenvalue weighted by Crippen LogP contribution is -2.43. The highest BCUT2D eigenvalue weighted by atomic mass is 35.5. The van der Waals surface area contributed by atoms with E-state index in [1.807, 2.05) is 16.7 Å². The van der Waals surface area contributed by atoms with Gasteiger partial charge in [-0.05, 0) is 53.4 Å². The molecule has 1 aromatic heterocycles. The Balaban J connectivity index is 1.35. The number of imidazole rings is 1. The van der Waals surface area contributed by atoms with Crippen molar-refractivity contribution in [2.24, 2.45) is 0 Å². The third-order valence-electron chi connectivity index (χ3n) is 7.56. The molecular formula is C32H30ClN5O5S. The normalized spacial score (nSPS) is 15.9. The van der Waals surface area contributed by atoms with Crippen LogP contribution in [0, 0.1) is 11.3 Å². The van der Waals surface area contributed by atoms with Crippen molar-refractivity contribution >= 4 is 33.3 Å². The number of ether oxygens (including phenoxy) is 1. The number of rotatable bonds is 10. The first-order valence-corrected chi connectivity index (χ1v) is 15.9. The molecule has 0 fully saturated rings. The van der Waals surface area contributed by atoms with Crippen molar-refractivity contribution < 1.29 is 22.7 Å². The van der Waals surface area contributed by atoms with Gasteiger partial charge in [0.2, 0.25) is 0 Å². The summed E-state index contributed by atoms with van der Waals surface area (Å²) in [7, 11) is -2.55. The van der Waals surface area contributed by atoms with Gasteiger partial charge in [0.25, 0.3) is 5.91 Å². The zero-order valence-electron chi connectivity index (χ0n) is 23.9. The summed E-state index contributed by atoms with van der Waals surface area (Å²) in [5.74, 6) is -1.48. The van der Waals surface area contributed by atoms with E-state index < -0.39 is 27.8 Å². The standard InChI is InChI=1S/C32H30ClN5O5S/c1-43-32(40)29(15-21-9-11-24(33)12-10-21)37-31(39)27-4-2-3-26-28(13-14-44(41,42)30(26)27)36-18-25-17-35-20-38(25)19-23-7-5-22(16-34)6-8-23/h2-12,17,20,28-29,36H,13-15,18-19H2,1H3,(H,37,39)/t28?,29-/m0/s1. The number of nitriles is 1. The van der Waals surface area contributed by atoms with Crippen molar-refractivity contribution in [3.05, 3.63) is 118 Å². The predicted molar refractivity (Wildman–Crippen MR) is 164 cm³/mol. The fourth-order valence-electron chi connectivity index (χ4n) is 5.27. The van der Waals surface area contributed by atoms with E-state index >= 15 is 0 Å². The maximum Gasteiger partial charge on any atom is 0.328 e.